The van der Waals surface area contributed by atoms with E-state index in [9.17, 15) is 0 Å². The van der Waals surface area contributed by atoms with Crippen LogP contribution in [0.5, 0.6) is 0 Å². The van der Waals surface area contributed by atoms with E-state index in [1.165, 1.54) is 0 Å². The molecule has 0 amide bonds. The fourth-order valence-corrected chi connectivity index (χ4v) is 0.582. The zero-order chi connectivity index (χ0) is 7.44. The SMILES string of the molecule is C=C(C)[C@@H](N)[C@H](O)CC. The lowest BCUT2D eigenvalue weighted by molar-refractivity contribution is 0.152. The van der Waals surface area contributed by atoms with Crippen molar-refractivity contribution in [3.05, 3.63) is 12.2 Å². The molecule has 0 unspecified atom stereocenters. The quantitative estimate of drug-likeness (QED) is 0.550. The van der Waals surface area contributed by atoms with Gasteiger partial charge in [-0.25, -0.2) is 0 Å². The van der Waals surface area contributed by atoms with Gasteiger partial charge in [0.15, 0.2) is 0 Å². The first-order chi connectivity index (χ1) is 4.09. The highest BCUT2D eigenvalue weighted by Gasteiger charge is 2.11. The Morgan fingerprint density at radius 1 is 1.78 bits per heavy atom. The number of nitrogens with two attached hydrogens (primary N) is 1. The molecule has 0 fully saturated rings. The van der Waals surface area contributed by atoms with Gasteiger partial charge in [-0.05, 0) is 13.3 Å². The molecule has 0 aromatic carbocycles. The van der Waals surface area contributed by atoms with Gasteiger partial charge in [0, 0.05) is 0 Å². The van der Waals surface area contributed by atoms with Gasteiger partial charge in [0.25, 0.3) is 0 Å². The Morgan fingerprint density at radius 3 is 2.33 bits per heavy atom. The summed E-state index contributed by atoms with van der Waals surface area (Å²) >= 11 is 0. The molecule has 2 atom stereocenters. The molecule has 0 heterocycles. The predicted molar refractivity (Wildman–Crippen MR) is 39.1 cm³/mol. The molecule has 0 saturated carbocycles. The monoisotopic (exact) mass is 129 g/mol. The Balaban J connectivity index is 3.72. The average molecular weight is 129 g/mol. The Hall–Kier alpha value is -0.340. The van der Waals surface area contributed by atoms with Crippen molar-refractivity contribution >= 4 is 0 Å². The van der Waals surface area contributed by atoms with E-state index in [1.807, 2.05) is 13.8 Å². The molecule has 0 aromatic heterocycles. The highest BCUT2D eigenvalue weighted by atomic mass is 16.3. The molecule has 2 nitrogen and oxygen atoms in total. The molecule has 0 aliphatic carbocycles. The van der Waals surface area contributed by atoms with Crippen LogP contribution >= 0.6 is 0 Å². The van der Waals surface area contributed by atoms with E-state index in [0.29, 0.717) is 6.42 Å². The van der Waals surface area contributed by atoms with Gasteiger partial charge in [0.2, 0.25) is 0 Å². The first-order valence-corrected chi connectivity index (χ1v) is 3.18. The third kappa shape index (κ3) is 2.63. The van der Waals surface area contributed by atoms with E-state index in [2.05, 4.69) is 6.58 Å². The van der Waals surface area contributed by atoms with Crippen molar-refractivity contribution in [2.45, 2.75) is 32.4 Å². The zero-order valence-corrected chi connectivity index (χ0v) is 6.09. The minimum absolute atomic E-state index is 0.255. The number of aliphatic hydroxyl groups is 1. The summed E-state index contributed by atoms with van der Waals surface area (Å²) in [5.74, 6) is 0. The van der Waals surface area contributed by atoms with Crippen LogP contribution in [0, 0.1) is 0 Å². The van der Waals surface area contributed by atoms with Gasteiger partial charge in [-0.2, -0.15) is 0 Å². The van der Waals surface area contributed by atoms with Crippen molar-refractivity contribution in [1.82, 2.24) is 0 Å². The van der Waals surface area contributed by atoms with Gasteiger partial charge in [-0.3, -0.25) is 0 Å². The normalized spacial score (nSPS) is 16.9. The topological polar surface area (TPSA) is 46.2 Å². The van der Waals surface area contributed by atoms with Crippen LogP contribution in [0.4, 0.5) is 0 Å². The fourth-order valence-electron chi connectivity index (χ4n) is 0.582. The van der Waals surface area contributed by atoms with Crippen LogP contribution in [0.3, 0.4) is 0 Å². The van der Waals surface area contributed by atoms with Crippen LogP contribution in [0.1, 0.15) is 20.3 Å². The van der Waals surface area contributed by atoms with E-state index < -0.39 is 6.10 Å². The molecular formula is C7H15NO. The Bertz CT molecular complexity index is 101. The van der Waals surface area contributed by atoms with Crippen LogP contribution in [-0.2, 0) is 0 Å². The van der Waals surface area contributed by atoms with Gasteiger partial charge in [0.1, 0.15) is 0 Å². The molecule has 0 saturated heterocycles. The summed E-state index contributed by atoms with van der Waals surface area (Å²) in [6.45, 7) is 7.36. The van der Waals surface area contributed by atoms with Gasteiger partial charge >= 0.3 is 0 Å². The molecule has 0 rings (SSSR count). The second-order valence-corrected chi connectivity index (χ2v) is 2.35. The second kappa shape index (κ2) is 3.64. The summed E-state index contributed by atoms with van der Waals surface area (Å²) in [5.41, 5.74) is 6.36. The van der Waals surface area contributed by atoms with Crippen LogP contribution in [-0.4, -0.2) is 17.3 Å². The van der Waals surface area contributed by atoms with Gasteiger partial charge in [-0.15, -0.1) is 0 Å². The first-order valence-electron chi connectivity index (χ1n) is 3.18. The van der Waals surface area contributed by atoms with Gasteiger partial charge in [-0.1, -0.05) is 19.1 Å². The molecule has 0 aliphatic rings. The minimum atomic E-state index is -0.428. The van der Waals surface area contributed by atoms with E-state index >= 15 is 0 Å². The molecule has 54 valence electrons. The molecule has 2 heteroatoms. The van der Waals surface area contributed by atoms with Crippen molar-refractivity contribution < 1.29 is 5.11 Å². The largest absolute Gasteiger partial charge is 0.391 e. The molecule has 0 bridgehead atoms. The van der Waals surface area contributed by atoms with Crippen LogP contribution in [0.25, 0.3) is 0 Å². The summed E-state index contributed by atoms with van der Waals surface area (Å²) in [5, 5.41) is 9.11. The molecule has 0 aliphatic heterocycles. The van der Waals surface area contributed by atoms with Crippen molar-refractivity contribution in [1.29, 1.82) is 0 Å². The molecule has 3 N–H and O–H groups in total. The molecule has 9 heavy (non-hydrogen) atoms. The Labute approximate surface area is 56.4 Å². The number of hydrogen-bond donors (Lipinski definition) is 2. The fraction of sp³-hybridized carbons (Fsp3) is 0.714. The van der Waals surface area contributed by atoms with Crippen LogP contribution in [0.2, 0.25) is 0 Å². The van der Waals surface area contributed by atoms with E-state index in [0.717, 1.165) is 5.57 Å². The maximum atomic E-state index is 9.11. The van der Waals surface area contributed by atoms with Gasteiger partial charge < -0.3 is 10.8 Å². The average Bonchev–Trinajstić information content (AvgIpc) is 1.84. The standard InChI is InChI=1S/C7H15NO/c1-4-6(9)7(8)5(2)3/h6-7,9H,2,4,8H2,1,3H3/t6-,7-/m1/s1. The number of hydrogen-bond acceptors (Lipinski definition) is 2. The highest BCUT2D eigenvalue weighted by Crippen LogP contribution is 2.02. The van der Waals surface area contributed by atoms with E-state index in [-0.39, 0.29) is 6.04 Å². The van der Waals surface area contributed by atoms with Crippen LogP contribution < -0.4 is 5.73 Å². The third-order valence-electron chi connectivity index (χ3n) is 1.40. The lowest BCUT2D eigenvalue weighted by Gasteiger charge is -2.16. The molecule has 0 spiro atoms. The summed E-state index contributed by atoms with van der Waals surface area (Å²) in [4.78, 5) is 0. The zero-order valence-electron chi connectivity index (χ0n) is 6.09. The Morgan fingerprint density at radius 2 is 2.22 bits per heavy atom. The molecule has 0 aromatic rings. The minimum Gasteiger partial charge on any atom is -0.391 e. The summed E-state index contributed by atoms with van der Waals surface area (Å²) in [7, 11) is 0. The highest BCUT2D eigenvalue weighted by molar-refractivity contribution is 5.02. The second-order valence-electron chi connectivity index (χ2n) is 2.35. The third-order valence-corrected chi connectivity index (χ3v) is 1.40. The summed E-state index contributed by atoms with van der Waals surface area (Å²) < 4.78 is 0. The lowest BCUT2D eigenvalue weighted by atomic mass is 10.0. The maximum absolute atomic E-state index is 9.11. The number of rotatable bonds is 3. The summed E-state index contributed by atoms with van der Waals surface area (Å²) in [6.07, 6.45) is 0.260. The molecule has 0 radical (unpaired) electrons. The van der Waals surface area contributed by atoms with E-state index in [4.69, 9.17) is 10.8 Å². The maximum Gasteiger partial charge on any atom is 0.0726 e. The van der Waals surface area contributed by atoms with Crippen molar-refractivity contribution in [3.8, 4) is 0 Å². The Kier molecular flexibility index (Phi) is 3.50. The summed E-state index contributed by atoms with van der Waals surface area (Å²) in [6, 6.07) is -0.255. The van der Waals surface area contributed by atoms with Crippen molar-refractivity contribution in [2.75, 3.05) is 0 Å². The number of aliphatic hydroxyl groups excluding tert-OH is 1. The first kappa shape index (κ1) is 8.66. The van der Waals surface area contributed by atoms with Gasteiger partial charge in [0.05, 0.1) is 12.1 Å². The predicted octanol–water partition coefficient (Wildman–Crippen LogP) is 0.661. The van der Waals surface area contributed by atoms with Crippen molar-refractivity contribution in [2.24, 2.45) is 5.73 Å². The lowest BCUT2D eigenvalue weighted by Crippen LogP contribution is -2.34. The smallest absolute Gasteiger partial charge is 0.0726 e. The van der Waals surface area contributed by atoms with Crippen LogP contribution in [0.15, 0.2) is 12.2 Å². The van der Waals surface area contributed by atoms with Crippen molar-refractivity contribution in [3.63, 3.8) is 0 Å². The molecular weight excluding hydrogens is 114 g/mol. The van der Waals surface area contributed by atoms with E-state index in [1.54, 1.807) is 0 Å².